The summed E-state index contributed by atoms with van der Waals surface area (Å²) in [4.78, 5) is 13.3. The summed E-state index contributed by atoms with van der Waals surface area (Å²) in [6.45, 7) is 3.88. The van der Waals surface area contributed by atoms with Crippen LogP contribution in [-0.4, -0.2) is 15.0 Å². The highest BCUT2D eigenvalue weighted by atomic mass is 14.8. The van der Waals surface area contributed by atoms with Crippen molar-refractivity contribution in [2.45, 2.75) is 0 Å². The molecule has 3 rings (SSSR count). The third kappa shape index (κ3) is 2.21. The first kappa shape index (κ1) is 12.2. The van der Waals surface area contributed by atoms with Gasteiger partial charge in [-0.3, -0.25) is 15.0 Å². The summed E-state index contributed by atoms with van der Waals surface area (Å²) in [7, 11) is 0. The maximum absolute atomic E-state index is 4.48. The zero-order valence-corrected chi connectivity index (χ0v) is 10.9. The Morgan fingerprint density at radius 3 is 2.05 bits per heavy atom. The van der Waals surface area contributed by atoms with E-state index in [-0.39, 0.29) is 0 Å². The van der Waals surface area contributed by atoms with Gasteiger partial charge in [-0.1, -0.05) is 24.8 Å². The van der Waals surface area contributed by atoms with Crippen molar-refractivity contribution in [2.75, 3.05) is 0 Å². The lowest BCUT2D eigenvalue weighted by Crippen LogP contribution is -1.95. The molecule has 0 aliphatic carbocycles. The van der Waals surface area contributed by atoms with Crippen LogP contribution < -0.4 is 0 Å². The molecule has 0 saturated heterocycles. The van der Waals surface area contributed by atoms with Crippen molar-refractivity contribution >= 4 is 6.08 Å². The summed E-state index contributed by atoms with van der Waals surface area (Å²) in [5.74, 6) is 0. The minimum atomic E-state index is 0.821. The van der Waals surface area contributed by atoms with E-state index in [2.05, 4.69) is 21.5 Å². The van der Waals surface area contributed by atoms with E-state index in [1.54, 1.807) is 18.6 Å². The average molecular weight is 259 g/mol. The van der Waals surface area contributed by atoms with Gasteiger partial charge in [0.15, 0.2) is 0 Å². The van der Waals surface area contributed by atoms with Crippen molar-refractivity contribution in [3.63, 3.8) is 0 Å². The van der Waals surface area contributed by atoms with E-state index in [1.807, 2.05) is 48.5 Å². The zero-order valence-electron chi connectivity index (χ0n) is 10.9. The van der Waals surface area contributed by atoms with Gasteiger partial charge in [0, 0.05) is 24.2 Å². The maximum Gasteiger partial charge on any atom is 0.0986 e. The molecular formula is C17H13N3. The molecule has 96 valence electrons. The van der Waals surface area contributed by atoms with Gasteiger partial charge in [-0.15, -0.1) is 0 Å². The van der Waals surface area contributed by atoms with E-state index in [1.165, 1.54) is 0 Å². The maximum atomic E-state index is 4.48. The highest BCUT2D eigenvalue weighted by molar-refractivity contribution is 5.84. The Morgan fingerprint density at radius 2 is 1.45 bits per heavy atom. The molecule has 0 aliphatic heterocycles. The number of hydrogen-bond donors (Lipinski definition) is 0. The number of aromatic nitrogens is 3. The molecule has 0 unspecified atom stereocenters. The van der Waals surface area contributed by atoms with Crippen LogP contribution in [0.4, 0.5) is 0 Å². The Morgan fingerprint density at radius 1 is 0.750 bits per heavy atom. The fourth-order valence-electron chi connectivity index (χ4n) is 2.12. The van der Waals surface area contributed by atoms with E-state index in [4.69, 9.17) is 0 Å². The summed E-state index contributed by atoms with van der Waals surface area (Å²) in [5, 5.41) is 0. The first-order chi connectivity index (χ1) is 9.90. The van der Waals surface area contributed by atoms with Gasteiger partial charge < -0.3 is 0 Å². The van der Waals surface area contributed by atoms with Crippen molar-refractivity contribution in [2.24, 2.45) is 0 Å². The standard InChI is InChI=1S/C17H13N3/c1-2-13-9-12-20-17(15-8-4-6-11-19-15)16(13)14-7-3-5-10-18-14/h2-12H,1H2. The molecule has 0 aliphatic rings. The first-order valence-corrected chi connectivity index (χ1v) is 6.34. The molecular weight excluding hydrogens is 246 g/mol. The quantitative estimate of drug-likeness (QED) is 0.717. The van der Waals surface area contributed by atoms with Crippen LogP contribution in [0.3, 0.4) is 0 Å². The van der Waals surface area contributed by atoms with Gasteiger partial charge in [0.1, 0.15) is 0 Å². The van der Waals surface area contributed by atoms with Gasteiger partial charge in [0.25, 0.3) is 0 Å². The molecule has 0 atom stereocenters. The minimum absolute atomic E-state index is 0.821. The molecule has 0 radical (unpaired) electrons. The first-order valence-electron chi connectivity index (χ1n) is 6.34. The highest BCUT2D eigenvalue weighted by Crippen LogP contribution is 2.31. The van der Waals surface area contributed by atoms with Gasteiger partial charge in [-0.25, -0.2) is 0 Å². The van der Waals surface area contributed by atoms with E-state index in [0.29, 0.717) is 0 Å². The van der Waals surface area contributed by atoms with Gasteiger partial charge >= 0.3 is 0 Å². The SMILES string of the molecule is C=Cc1ccnc(-c2ccccn2)c1-c1ccccn1. The third-order valence-corrected chi connectivity index (χ3v) is 3.03. The number of pyridine rings is 3. The molecule has 3 heterocycles. The van der Waals surface area contributed by atoms with Crippen LogP contribution in [0, 0.1) is 0 Å². The fraction of sp³-hybridized carbons (Fsp3) is 0. The van der Waals surface area contributed by atoms with Crippen molar-refractivity contribution in [3.8, 4) is 22.6 Å². The number of nitrogens with zero attached hydrogens (tertiary/aromatic N) is 3. The zero-order chi connectivity index (χ0) is 13.8. The number of rotatable bonds is 3. The average Bonchev–Trinajstić information content (AvgIpc) is 2.55. The largest absolute Gasteiger partial charge is 0.256 e. The van der Waals surface area contributed by atoms with Gasteiger partial charge in [0.2, 0.25) is 0 Å². The fourth-order valence-corrected chi connectivity index (χ4v) is 2.12. The summed E-state index contributed by atoms with van der Waals surface area (Å²) in [6.07, 6.45) is 7.13. The lowest BCUT2D eigenvalue weighted by molar-refractivity contribution is 1.23. The lowest BCUT2D eigenvalue weighted by Gasteiger charge is -2.10. The summed E-state index contributed by atoms with van der Waals surface area (Å²) in [6, 6.07) is 13.5. The molecule has 3 nitrogen and oxygen atoms in total. The minimum Gasteiger partial charge on any atom is -0.256 e. The Bertz CT molecular complexity index is 722. The highest BCUT2D eigenvalue weighted by Gasteiger charge is 2.13. The van der Waals surface area contributed by atoms with Crippen LogP contribution in [0.2, 0.25) is 0 Å². The Balaban J connectivity index is 2.29. The van der Waals surface area contributed by atoms with Crippen LogP contribution in [0.15, 0.2) is 67.6 Å². The summed E-state index contributed by atoms with van der Waals surface area (Å²) in [5.41, 5.74) is 4.48. The summed E-state index contributed by atoms with van der Waals surface area (Å²) < 4.78 is 0. The van der Waals surface area contributed by atoms with Crippen LogP contribution >= 0.6 is 0 Å². The van der Waals surface area contributed by atoms with Crippen molar-refractivity contribution in [1.29, 1.82) is 0 Å². The monoisotopic (exact) mass is 259 g/mol. The van der Waals surface area contributed by atoms with Crippen LogP contribution in [-0.2, 0) is 0 Å². The molecule has 20 heavy (non-hydrogen) atoms. The van der Waals surface area contributed by atoms with Crippen LogP contribution in [0.5, 0.6) is 0 Å². The second-order valence-corrected chi connectivity index (χ2v) is 4.26. The third-order valence-electron chi connectivity index (χ3n) is 3.03. The van der Waals surface area contributed by atoms with Gasteiger partial charge in [-0.2, -0.15) is 0 Å². The Labute approximate surface area is 117 Å². The molecule has 0 saturated carbocycles. The molecule has 3 aromatic rings. The molecule has 0 N–H and O–H groups in total. The van der Waals surface area contributed by atoms with Crippen molar-refractivity contribution < 1.29 is 0 Å². The Kier molecular flexibility index (Phi) is 3.33. The van der Waals surface area contributed by atoms with Gasteiger partial charge in [0.05, 0.1) is 17.1 Å². The van der Waals surface area contributed by atoms with Crippen molar-refractivity contribution in [3.05, 3.63) is 73.2 Å². The lowest BCUT2D eigenvalue weighted by atomic mass is 10.0. The predicted octanol–water partition coefficient (Wildman–Crippen LogP) is 3.85. The summed E-state index contributed by atoms with van der Waals surface area (Å²) >= 11 is 0. The molecule has 0 spiro atoms. The van der Waals surface area contributed by atoms with E-state index in [0.717, 1.165) is 28.2 Å². The van der Waals surface area contributed by atoms with E-state index >= 15 is 0 Å². The predicted molar refractivity (Wildman–Crippen MR) is 80.8 cm³/mol. The smallest absolute Gasteiger partial charge is 0.0986 e. The van der Waals surface area contributed by atoms with Gasteiger partial charge in [-0.05, 0) is 35.9 Å². The topological polar surface area (TPSA) is 38.7 Å². The molecule has 3 aromatic heterocycles. The van der Waals surface area contributed by atoms with E-state index in [9.17, 15) is 0 Å². The normalized spacial score (nSPS) is 10.2. The Hall–Kier alpha value is -2.81. The van der Waals surface area contributed by atoms with Crippen LogP contribution in [0.25, 0.3) is 28.7 Å². The molecule has 0 aromatic carbocycles. The van der Waals surface area contributed by atoms with E-state index < -0.39 is 0 Å². The second kappa shape index (κ2) is 5.45. The molecule has 0 amide bonds. The number of hydrogen-bond acceptors (Lipinski definition) is 3. The van der Waals surface area contributed by atoms with Crippen LogP contribution in [0.1, 0.15) is 5.56 Å². The molecule has 3 heteroatoms. The second-order valence-electron chi connectivity index (χ2n) is 4.26. The molecule has 0 fully saturated rings. The van der Waals surface area contributed by atoms with Crippen molar-refractivity contribution in [1.82, 2.24) is 15.0 Å². The molecule has 0 bridgehead atoms.